The minimum absolute atomic E-state index is 0.270. The molecule has 3 rings (SSSR count). The van der Waals surface area contributed by atoms with Crippen LogP contribution in [0, 0.1) is 0 Å². The summed E-state index contributed by atoms with van der Waals surface area (Å²) in [5.74, 6) is 3.52. The van der Waals surface area contributed by atoms with Crippen molar-refractivity contribution in [2.45, 2.75) is 38.7 Å². The van der Waals surface area contributed by atoms with E-state index in [4.69, 9.17) is 14.2 Å². The highest BCUT2D eigenvalue weighted by Crippen LogP contribution is 2.28. The average molecular weight is 426 g/mol. The summed E-state index contributed by atoms with van der Waals surface area (Å²) in [6.07, 6.45) is 4.26. The van der Waals surface area contributed by atoms with Crippen molar-refractivity contribution in [2.24, 2.45) is 4.99 Å². The Bertz CT molecular complexity index is 818. The minimum atomic E-state index is 0.270. The number of hydrogen-bond acceptors (Lipinski definition) is 4. The zero-order valence-corrected chi connectivity index (χ0v) is 19.0. The molecule has 1 heterocycles. The van der Waals surface area contributed by atoms with Crippen LogP contribution in [0.15, 0.2) is 53.5 Å². The maximum absolute atomic E-state index is 6.10. The van der Waals surface area contributed by atoms with Crippen LogP contribution >= 0.6 is 0 Å². The Morgan fingerprint density at radius 2 is 1.87 bits per heavy atom. The van der Waals surface area contributed by atoms with Crippen molar-refractivity contribution < 1.29 is 14.2 Å². The van der Waals surface area contributed by atoms with E-state index in [1.54, 1.807) is 7.11 Å². The van der Waals surface area contributed by atoms with Gasteiger partial charge in [0.15, 0.2) is 17.5 Å². The van der Waals surface area contributed by atoms with Crippen LogP contribution in [0.4, 0.5) is 0 Å². The van der Waals surface area contributed by atoms with Crippen LogP contribution in [0.25, 0.3) is 0 Å². The molecule has 0 aromatic heterocycles. The highest BCUT2D eigenvalue weighted by molar-refractivity contribution is 5.79. The van der Waals surface area contributed by atoms with Gasteiger partial charge in [0.2, 0.25) is 0 Å². The summed E-state index contributed by atoms with van der Waals surface area (Å²) in [5, 5.41) is 3.52. The van der Waals surface area contributed by atoms with E-state index in [0.29, 0.717) is 6.61 Å². The molecule has 168 valence electrons. The molecule has 1 saturated heterocycles. The number of hydrogen-bond donors (Lipinski definition) is 1. The number of piperidine rings is 1. The molecule has 2 aromatic carbocycles. The highest BCUT2D eigenvalue weighted by Gasteiger charge is 2.22. The number of benzene rings is 2. The molecule has 0 amide bonds. The number of nitrogens with zero attached hydrogens (tertiary/aromatic N) is 2. The van der Waals surface area contributed by atoms with E-state index < -0.39 is 0 Å². The van der Waals surface area contributed by atoms with Gasteiger partial charge in [0.05, 0.1) is 13.7 Å². The quantitative estimate of drug-likeness (QED) is 0.372. The summed E-state index contributed by atoms with van der Waals surface area (Å²) in [4.78, 5) is 6.81. The number of ether oxygens (including phenoxy) is 3. The molecule has 6 heteroatoms. The van der Waals surface area contributed by atoms with Gasteiger partial charge in [-0.1, -0.05) is 24.3 Å². The predicted molar refractivity (Wildman–Crippen MR) is 126 cm³/mol. The number of likely N-dealkylation sites (tertiary alicyclic amines) is 1. The second-order valence-electron chi connectivity index (χ2n) is 7.61. The van der Waals surface area contributed by atoms with Crippen molar-refractivity contribution in [1.82, 2.24) is 10.2 Å². The number of guanidine groups is 1. The SMILES string of the molecule is CCOc1cc(CCCNC(=NC)N2CCC(Oc3ccccc3)CC2)ccc1OC. The fourth-order valence-corrected chi connectivity index (χ4v) is 3.85. The lowest BCUT2D eigenvalue weighted by Crippen LogP contribution is -2.47. The van der Waals surface area contributed by atoms with E-state index in [-0.39, 0.29) is 6.10 Å². The first-order valence-electron chi connectivity index (χ1n) is 11.2. The van der Waals surface area contributed by atoms with Crippen LogP contribution in [0.3, 0.4) is 0 Å². The molecule has 2 aromatic rings. The van der Waals surface area contributed by atoms with E-state index in [0.717, 1.165) is 68.5 Å². The highest BCUT2D eigenvalue weighted by atomic mass is 16.5. The smallest absolute Gasteiger partial charge is 0.193 e. The van der Waals surface area contributed by atoms with E-state index in [9.17, 15) is 0 Å². The molecule has 0 radical (unpaired) electrons. The van der Waals surface area contributed by atoms with Crippen LogP contribution in [0.5, 0.6) is 17.2 Å². The zero-order chi connectivity index (χ0) is 21.9. The fraction of sp³-hybridized carbons (Fsp3) is 0.480. The molecule has 6 nitrogen and oxygen atoms in total. The van der Waals surface area contributed by atoms with Gasteiger partial charge in [0.1, 0.15) is 11.9 Å². The lowest BCUT2D eigenvalue weighted by molar-refractivity contribution is 0.129. The second-order valence-corrected chi connectivity index (χ2v) is 7.61. The molecule has 0 saturated carbocycles. The van der Waals surface area contributed by atoms with Gasteiger partial charge in [0.25, 0.3) is 0 Å². The molecule has 1 aliphatic heterocycles. The molecule has 1 aliphatic rings. The van der Waals surface area contributed by atoms with Crippen molar-refractivity contribution in [3.05, 3.63) is 54.1 Å². The molecule has 0 unspecified atom stereocenters. The van der Waals surface area contributed by atoms with E-state index in [1.807, 2.05) is 50.4 Å². The van der Waals surface area contributed by atoms with Crippen LogP contribution in [-0.2, 0) is 6.42 Å². The molecule has 0 bridgehead atoms. The lowest BCUT2D eigenvalue weighted by Gasteiger charge is -2.34. The molecule has 1 fully saturated rings. The Labute approximate surface area is 186 Å². The Kier molecular flexibility index (Phi) is 8.88. The third-order valence-corrected chi connectivity index (χ3v) is 5.45. The largest absolute Gasteiger partial charge is 0.493 e. The molecular weight excluding hydrogens is 390 g/mol. The Balaban J connectivity index is 1.40. The summed E-state index contributed by atoms with van der Waals surface area (Å²) in [5.41, 5.74) is 1.25. The number of aliphatic imine (C=N–C) groups is 1. The van der Waals surface area contributed by atoms with Crippen molar-refractivity contribution in [3.8, 4) is 17.2 Å². The minimum Gasteiger partial charge on any atom is -0.493 e. The molecule has 1 N–H and O–H groups in total. The first kappa shape index (κ1) is 22.8. The summed E-state index contributed by atoms with van der Waals surface area (Å²) >= 11 is 0. The van der Waals surface area contributed by atoms with Crippen molar-refractivity contribution in [1.29, 1.82) is 0 Å². The van der Waals surface area contributed by atoms with Gasteiger partial charge in [0, 0.05) is 39.5 Å². The third kappa shape index (κ3) is 6.81. The van der Waals surface area contributed by atoms with E-state index in [1.165, 1.54) is 5.56 Å². The molecule has 31 heavy (non-hydrogen) atoms. The average Bonchev–Trinajstić information content (AvgIpc) is 2.81. The number of nitrogens with one attached hydrogen (secondary N) is 1. The number of aryl methyl sites for hydroxylation is 1. The first-order chi connectivity index (χ1) is 15.2. The number of rotatable bonds is 9. The van der Waals surface area contributed by atoms with Crippen LogP contribution in [-0.4, -0.2) is 57.4 Å². The van der Waals surface area contributed by atoms with Crippen LogP contribution < -0.4 is 19.5 Å². The fourth-order valence-electron chi connectivity index (χ4n) is 3.85. The number of methoxy groups -OCH3 is 1. The molecule has 0 spiro atoms. The first-order valence-corrected chi connectivity index (χ1v) is 11.2. The lowest BCUT2D eigenvalue weighted by atomic mass is 10.1. The number of para-hydroxylation sites is 1. The summed E-state index contributed by atoms with van der Waals surface area (Å²) in [6, 6.07) is 16.2. The standard InChI is InChI=1S/C25H35N3O3/c1-4-30-24-19-20(12-13-23(24)29-3)9-8-16-27-25(26-2)28-17-14-22(15-18-28)31-21-10-6-5-7-11-21/h5-7,10-13,19,22H,4,8-9,14-18H2,1-3H3,(H,26,27). The van der Waals surface area contributed by atoms with Gasteiger partial charge in [-0.3, -0.25) is 4.99 Å². The summed E-state index contributed by atoms with van der Waals surface area (Å²) in [7, 11) is 3.52. The van der Waals surface area contributed by atoms with Gasteiger partial charge >= 0.3 is 0 Å². The van der Waals surface area contributed by atoms with Crippen LogP contribution in [0.2, 0.25) is 0 Å². The van der Waals surface area contributed by atoms with Crippen molar-refractivity contribution in [3.63, 3.8) is 0 Å². The normalized spacial score (nSPS) is 14.9. The van der Waals surface area contributed by atoms with Gasteiger partial charge in [-0.05, 0) is 49.6 Å². The van der Waals surface area contributed by atoms with Gasteiger partial charge in [-0.2, -0.15) is 0 Å². The van der Waals surface area contributed by atoms with Crippen LogP contribution in [0.1, 0.15) is 31.7 Å². The van der Waals surface area contributed by atoms with Crippen molar-refractivity contribution >= 4 is 5.96 Å². The van der Waals surface area contributed by atoms with E-state index in [2.05, 4.69) is 27.3 Å². The van der Waals surface area contributed by atoms with Gasteiger partial charge < -0.3 is 24.4 Å². The Hall–Kier alpha value is -2.89. The van der Waals surface area contributed by atoms with E-state index >= 15 is 0 Å². The maximum Gasteiger partial charge on any atom is 0.193 e. The van der Waals surface area contributed by atoms with Crippen molar-refractivity contribution in [2.75, 3.05) is 40.4 Å². The Morgan fingerprint density at radius 1 is 1.10 bits per heavy atom. The summed E-state index contributed by atoms with van der Waals surface area (Å²) < 4.78 is 17.1. The maximum atomic E-state index is 6.10. The van der Waals surface area contributed by atoms with Gasteiger partial charge in [-0.25, -0.2) is 0 Å². The Morgan fingerprint density at radius 3 is 2.55 bits per heavy atom. The van der Waals surface area contributed by atoms with Gasteiger partial charge in [-0.15, -0.1) is 0 Å². The topological polar surface area (TPSA) is 55.3 Å². The zero-order valence-electron chi connectivity index (χ0n) is 19.0. The second kappa shape index (κ2) is 12.1. The monoisotopic (exact) mass is 425 g/mol. The molecule has 0 atom stereocenters. The molecular formula is C25H35N3O3. The predicted octanol–water partition coefficient (Wildman–Crippen LogP) is 4.15. The third-order valence-electron chi connectivity index (χ3n) is 5.45. The summed E-state index contributed by atoms with van der Waals surface area (Å²) in [6.45, 7) is 5.40. The molecule has 0 aliphatic carbocycles.